The normalized spacial score (nSPS) is 10.2. The van der Waals surface area contributed by atoms with E-state index < -0.39 is 5.97 Å². The molecule has 5 heteroatoms. The van der Waals surface area contributed by atoms with Crippen LogP contribution in [0.1, 0.15) is 30.4 Å². The van der Waals surface area contributed by atoms with Gasteiger partial charge in [0.2, 0.25) is 5.91 Å². The molecule has 0 aliphatic rings. The molecule has 1 rings (SSSR count). The van der Waals surface area contributed by atoms with Gasteiger partial charge in [0.15, 0.2) is 0 Å². The van der Waals surface area contributed by atoms with Gasteiger partial charge < -0.3 is 16.2 Å². The van der Waals surface area contributed by atoms with Crippen molar-refractivity contribution in [2.75, 3.05) is 6.54 Å². The van der Waals surface area contributed by atoms with Crippen LogP contribution in [-0.2, 0) is 22.6 Å². The smallest absolute Gasteiger partial charge is 0.303 e. The Labute approximate surface area is 112 Å². The first-order valence-electron chi connectivity index (χ1n) is 6.39. The standard InChI is InChI=1S/C14H20N2O3/c15-10-12-6-2-1-5-11(12)9-13(17)16-8-4-3-7-14(18)19/h1-2,5-6H,3-4,7-10,15H2,(H,16,17)(H,18,19). The Hall–Kier alpha value is -1.88. The average molecular weight is 264 g/mol. The lowest BCUT2D eigenvalue weighted by Crippen LogP contribution is -2.26. The molecule has 0 unspecified atom stereocenters. The highest BCUT2D eigenvalue weighted by molar-refractivity contribution is 5.78. The fraction of sp³-hybridized carbons (Fsp3) is 0.429. The van der Waals surface area contributed by atoms with Crippen LogP contribution in [0, 0.1) is 0 Å². The Balaban J connectivity index is 2.29. The molecule has 104 valence electrons. The summed E-state index contributed by atoms with van der Waals surface area (Å²) >= 11 is 0. The highest BCUT2D eigenvalue weighted by atomic mass is 16.4. The van der Waals surface area contributed by atoms with E-state index in [0.717, 1.165) is 11.1 Å². The number of carbonyl (C=O) groups is 2. The number of carbonyl (C=O) groups excluding carboxylic acids is 1. The van der Waals surface area contributed by atoms with Crippen molar-refractivity contribution in [1.29, 1.82) is 0 Å². The van der Waals surface area contributed by atoms with Crippen molar-refractivity contribution in [1.82, 2.24) is 5.32 Å². The Morgan fingerprint density at radius 1 is 1.16 bits per heavy atom. The minimum atomic E-state index is -0.803. The summed E-state index contributed by atoms with van der Waals surface area (Å²) in [5, 5.41) is 11.3. The SMILES string of the molecule is NCc1ccccc1CC(=O)NCCCCC(=O)O. The van der Waals surface area contributed by atoms with E-state index in [1.165, 1.54) is 0 Å². The largest absolute Gasteiger partial charge is 0.481 e. The number of amides is 1. The Morgan fingerprint density at radius 2 is 1.84 bits per heavy atom. The lowest BCUT2D eigenvalue weighted by Gasteiger charge is -2.08. The van der Waals surface area contributed by atoms with Gasteiger partial charge in [-0.2, -0.15) is 0 Å². The zero-order valence-corrected chi connectivity index (χ0v) is 10.9. The number of carboxylic acid groups (broad SMARTS) is 1. The summed E-state index contributed by atoms with van der Waals surface area (Å²) in [6.07, 6.45) is 1.71. The van der Waals surface area contributed by atoms with Crippen LogP contribution in [0.2, 0.25) is 0 Å². The van der Waals surface area contributed by atoms with Gasteiger partial charge in [-0.15, -0.1) is 0 Å². The summed E-state index contributed by atoms with van der Waals surface area (Å²) < 4.78 is 0. The van der Waals surface area contributed by atoms with Gasteiger partial charge in [0, 0.05) is 19.5 Å². The maximum Gasteiger partial charge on any atom is 0.303 e. The van der Waals surface area contributed by atoms with Gasteiger partial charge in [-0.05, 0) is 24.0 Å². The quantitative estimate of drug-likeness (QED) is 0.612. The maximum atomic E-state index is 11.7. The number of rotatable bonds is 8. The molecule has 19 heavy (non-hydrogen) atoms. The van der Waals surface area contributed by atoms with Crippen LogP contribution in [0.15, 0.2) is 24.3 Å². The molecular formula is C14H20N2O3. The molecule has 4 N–H and O–H groups in total. The number of carboxylic acids is 1. The minimum Gasteiger partial charge on any atom is -0.481 e. The van der Waals surface area contributed by atoms with Gasteiger partial charge in [-0.3, -0.25) is 9.59 Å². The topological polar surface area (TPSA) is 92.4 Å². The molecule has 0 radical (unpaired) electrons. The van der Waals surface area contributed by atoms with Gasteiger partial charge in [-0.1, -0.05) is 24.3 Å². The van der Waals surface area contributed by atoms with Crippen molar-refractivity contribution in [3.63, 3.8) is 0 Å². The number of hydrogen-bond acceptors (Lipinski definition) is 3. The molecule has 0 spiro atoms. The molecule has 0 saturated heterocycles. The molecule has 0 aromatic heterocycles. The van der Waals surface area contributed by atoms with E-state index in [9.17, 15) is 9.59 Å². The summed E-state index contributed by atoms with van der Waals surface area (Å²) in [5.74, 6) is -0.862. The van der Waals surface area contributed by atoms with E-state index in [0.29, 0.717) is 32.4 Å². The van der Waals surface area contributed by atoms with Crippen molar-refractivity contribution >= 4 is 11.9 Å². The second kappa shape index (κ2) is 8.26. The highest BCUT2D eigenvalue weighted by Gasteiger charge is 2.06. The molecule has 0 bridgehead atoms. The van der Waals surface area contributed by atoms with Crippen LogP contribution < -0.4 is 11.1 Å². The summed E-state index contributed by atoms with van der Waals surface area (Å²) in [4.78, 5) is 22.0. The summed E-state index contributed by atoms with van der Waals surface area (Å²) in [5.41, 5.74) is 7.52. The predicted octanol–water partition coefficient (Wildman–Crippen LogP) is 1.06. The van der Waals surface area contributed by atoms with Crippen molar-refractivity contribution in [2.24, 2.45) is 5.73 Å². The number of nitrogens with one attached hydrogen (secondary N) is 1. The molecule has 1 aromatic rings. The van der Waals surface area contributed by atoms with E-state index in [4.69, 9.17) is 10.8 Å². The molecule has 5 nitrogen and oxygen atoms in total. The third kappa shape index (κ3) is 6.01. The van der Waals surface area contributed by atoms with Gasteiger partial charge in [0.05, 0.1) is 6.42 Å². The fourth-order valence-corrected chi connectivity index (χ4v) is 1.79. The van der Waals surface area contributed by atoms with Gasteiger partial charge in [0.1, 0.15) is 0 Å². The second-order valence-corrected chi connectivity index (χ2v) is 4.35. The van der Waals surface area contributed by atoms with Crippen LogP contribution in [0.3, 0.4) is 0 Å². The number of nitrogens with two attached hydrogens (primary N) is 1. The first-order valence-corrected chi connectivity index (χ1v) is 6.39. The van der Waals surface area contributed by atoms with Crippen molar-refractivity contribution < 1.29 is 14.7 Å². The van der Waals surface area contributed by atoms with Crippen molar-refractivity contribution in [3.05, 3.63) is 35.4 Å². The summed E-state index contributed by atoms with van der Waals surface area (Å²) in [7, 11) is 0. The molecule has 0 atom stereocenters. The highest BCUT2D eigenvalue weighted by Crippen LogP contribution is 2.08. The molecule has 1 aromatic carbocycles. The number of hydrogen-bond donors (Lipinski definition) is 3. The summed E-state index contributed by atoms with van der Waals surface area (Å²) in [6, 6.07) is 7.59. The lowest BCUT2D eigenvalue weighted by molar-refractivity contribution is -0.137. The van der Waals surface area contributed by atoms with E-state index in [-0.39, 0.29) is 12.3 Å². The lowest BCUT2D eigenvalue weighted by atomic mass is 10.0. The van der Waals surface area contributed by atoms with E-state index in [2.05, 4.69) is 5.32 Å². The average Bonchev–Trinajstić information content (AvgIpc) is 2.38. The van der Waals surface area contributed by atoms with Crippen LogP contribution in [0.4, 0.5) is 0 Å². The molecule has 0 aliphatic carbocycles. The zero-order chi connectivity index (χ0) is 14.1. The Kier molecular flexibility index (Phi) is 6.60. The molecule has 1 amide bonds. The van der Waals surface area contributed by atoms with Crippen molar-refractivity contribution in [2.45, 2.75) is 32.2 Å². The van der Waals surface area contributed by atoms with E-state index in [1.807, 2.05) is 24.3 Å². The van der Waals surface area contributed by atoms with Crippen LogP contribution in [0.5, 0.6) is 0 Å². The zero-order valence-electron chi connectivity index (χ0n) is 10.9. The third-order valence-corrected chi connectivity index (χ3v) is 2.83. The molecule has 0 fully saturated rings. The third-order valence-electron chi connectivity index (χ3n) is 2.83. The monoisotopic (exact) mass is 264 g/mol. The fourth-order valence-electron chi connectivity index (χ4n) is 1.79. The van der Waals surface area contributed by atoms with Gasteiger partial charge in [0.25, 0.3) is 0 Å². The van der Waals surface area contributed by atoms with Crippen LogP contribution in [0.25, 0.3) is 0 Å². The second-order valence-electron chi connectivity index (χ2n) is 4.35. The first kappa shape index (κ1) is 15.2. The maximum absolute atomic E-state index is 11.7. The Morgan fingerprint density at radius 3 is 2.47 bits per heavy atom. The van der Waals surface area contributed by atoms with Crippen LogP contribution in [-0.4, -0.2) is 23.5 Å². The van der Waals surface area contributed by atoms with E-state index >= 15 is 0 Å². The van der Waals surface area contributed by atoms with Crippen molar-refractivity contribution in [3.8, 4) is 0 Å². The van der Waals surface area contributed by atoms with Crippen LogP contribution >= 0.6 is 0 Å². The number of unbranched alkanes of at least 4 members (excludes halogenated alkanes) is 1. The minimum absolute atomic E-state index is 0.0591. The predicted molar refractivity (Wildman–Crippen MR) is 72.5 cm³/mol. The molecule has 0 aliphatic heterocycles. The number of benzene rings is 1. The van der Waals surface area contributed by atoms with Gasteiger partial charge in [-0.25, -0.2) is 0 Å². The number of aliphatic carboxylic acids is 1. The molecule has 0 heterocycles. The first-order chi connectivity index (χ1) is 9.13. The Bertz CT molecular complexity index is 432. The van der Waals surface area contributed by atoms with E-state index in [1.54, 1.807) is 0 Å². The molecular weight excluding hydrogens is 244 g/mol. The van der Waals surface area contributed by atoms with Gasteiger partial charge >= 0.3 is 5.97 Å². The summed E-state index contributed by atoms with van der Waals surface area (Å²) in [6.45, 7) is 0.930. The molecule has 0 saturated carbocycles.